The van der Waals surface area contributed by atoms with Gasteiger partial charge in [-0.15, -0.1) is 0 Å². The van der Waals surface area contributed by atoms with E-state index in [4.69, 9.17) is 4.74 Å². The number of rotatable bonds is 3. The molecule has 1 aliphatic heterocycles. The molecule has 4 atom stereocenters. The third kappa shape index (κ3) is 2.92. The molecule has 2 aliphatic rings. The first-order valence-corrected chi connectivity index (χ1v) is 6.33. The molecule has 0 aromatic heterocycles. The van der Waals surface area contributed by atoms with E-state index in [9.17, 15) is 5.11 Å². The van der Waals surface area contributed by atoms with Crippen molar-refractivity contribution in [1.82, 2.24) is 5.32 Å². The molecule has 2 N–H and O–H groups in total. The molecular weight excluding hydrogens is 190 g/mol. The second-order valence-corrected chi connectivity index (χ2v) is 4.97. The number of aliphatic hydroxyl groups is 1. The zero-order valence-corrected chi connectivity index (χ0v) is 9.61. The van der Waals surface area contributed by atoms with Crippen molar-refractivity contribution in [2.45, 2.75) is 69.7 Å². The molecule has 1 aliphatic carbocycles. The second kappa shape index (κ2) is 5.28. The molecule has 1 saturated carbocycles. The van der Waals surface area contributed by atoms with Gasteiger partial charge in [-0.1, -0.05) is 12.8 Å². The highest BCUT2D eigenvalue weighted by molar-refractivity contribution is 4.86. The minimum absolute atomic E-state index is 0.150. The van der Waals surface area contributed by atoms with Gasteiger partial charge in [0.2, 0.25) is 0 Å². The predicted molar refractivity (Wildman–Crippen MR) is 59.8 cm³/mol. The normalized spacial score (nSPS) is 39.2. The monoisotopic (exact) mass is 213 g/mol. The summed E-state index contributed by atoms with van der Waals surface area (Å²) in [6, 6.07) is 0.670. The summed E-state index contributed by atoms with van der Waals surface area (Å²) in [6.07, 6.45) is 7.04. The fraction of sp³-hybridized carbons (Fsp3) is 1.00. The quantitative estimate of drug-likeness (QED) is 0.745. The molecule has 2 unspecified atom stereocenters. The number of aliphatic hydroxyl groups excluding tert-OH is 1. The minimum atomic E-state index is -0.150. The molecule has 0 aromatic carbocycles. The van der Waals surface area contributed by atoms with Crippen molar-refractivity contribution >= 4 is 0 Å². The molecule has 3 heteroatoms. The van der Waals surface area contributed by atoms with Gasteiger partial charge in [0.1, 0.15) is 0 Å². The van der Waals surface area contributed by atoms with Gasteiger partial charge < -0.3 is 15.2 Å². The molecule has 1 saturated heterocycles. The lowest BCUT2D eigenvalue weighted by molar-refractivity contribution is 0.0485. The van der Waals surface area contributed by atoms with Crippen LogP contribution in [0.2, 0.25) is 0 Å². The van der Waals surface area contributed by atoms with Crippen molar-refractivity contribution < 1.29 is 9.84 Å². The van der Waals surface area contributed by atoms with Gasteiger partial charge in [0.05, 0.1) is 12.2 Å². The van der Waals surface area contributed by atoms with E-state index in [2.05, 4.69) is 12.2 Å². The molecule has 0 spiro atoms. The first kappa shape index (κ1) is 11.4. The predicted octanol–water partition coefficient (Wildman–Crippen LogP) is 1.45. The summed E-state index contributed by atoms with van der Waals surface area (Å²) in [7, 11) is 0. The summed E-state index contributed by atoms with van der Waals surface area (Å²) in [5.74, 6) is 0. The van der Waals surface area contributed by atoms with E-state index in [1.165, 1.54) is 19.3 Å². The zero-order chi connectivity index (χ0) is 10.7. The summed E-state index contributed by atoms with van der Waals surface area (Å²) in [5, 5.41) is 13.4. The van der Waals surface area contributed by atoms with Crippen LogP contribution in [-0.2, 0) is 4.74 Å². The van der Waals surface area contributed by atoms with E-state index in [0.717, 1.165) is 25.9 Å². The van der Waals surface area contributed by atoms with Gasteiger partial charge in [-0.05, 0) is 32.6 Å². The van der Waals surface area contributed by atoms with E-state index >= 15 is 0 Å². The molecule has 0 amide bonds. The van der Waals surface area contributed by atoms with Gasteiger partial charge in [0.15, 0.2) is 0 Å². The molecule has 0 radical (unpaired) electrons. The Hall–Kier alpha value is -0.120. The van der Waals surface area contributed by atoms with Gasteiger partial charge in [0.25, 0.3) is 0 Å². The van der Waals surface area contributed by atoms with Crippen LogP contribution < -0.4 is 5.32 Å². The number of ether oxygens (including phenoxy) is 1. The number of hydrogen-bond acceptors (Lipinski definition) is 3. The van der Waals surface area contributed by atoms with Crippen LogP contribution in [0.3, 0.4) is 0 Å². The van der Waals surface area contributed by atoms with E-state index in [1.807, 2.05) is 0 Å². The highest BCUT2D eigenvalue weighted by Gasteiger charge is 2.28. The van der Waals surface area contributed by atoms with Crippen molar-refractivity contribution in [3.8, 4) is 0 Å². The molecule has 3 nitrogen and oxygen atoms in total. The van der Waals surface area contributed by atoms with Crippen LogP contribution in [0, 0.1) is 0 Å². The van der Waals surface area contributed by atoms with E-state index in [-0.39, 0.29) is 12.1 Å². The first-order chi connectivity index (χ1) is 7.27. The topological polar surface area (TPSA) is 41.5 Å². The van der Waals surface area contributed by atoms with Crippen LogP contribution in [0.15, 0.2) is 0 Å². The molecular formula is C12H23NO2. The fourth-order valence-electron chi connectivity index (χ4n) is 2.75. The molecule has 0 aromatic rings. The Bertz CT molecular complexity index is 192. The van der Waals surface area contributed by atoms with Crippen molar-refractivity contribution in [2.75, 3.05) is 6.61 Å². The SMILES string of the molecule is CC(N[C@H]1CCCC[C@@H]1O)C1CCCO1. The fourth-order valence-corrected chi connectivity index (χ4v) is 2.75. The average Bonchev–Trinajstić information content (AvgIpc) is 2.74. The van der Waals surface area contributed by atoms with Crippen LogP contribution in [-0.4, -0.2) is 36.0 Å². The zero-order valence-electron chi connectivity index (χ0n) is 9.61. The van der Waals surface area contributed by atoms with Gasteiger partial charge in [-0.25, -0.2) is 0 Å². The Morgan fingerprint density at radius 2 is 2.00 bits per heavy atom. The Morgan fingerprint density at radius 3 is 2.67 bits per heavy atom. The van der Waals surface area contributed by atoms with Crippen LogP contribution in [0.1, 0.15) is 45.4 Å². The van der Waals surface area contributed by atoms with Crippen molar-refractivity contribution in [3.05, 3.63) is 0 Å². The van der Waals surface area contributed by atoms with Crippen LogP contribution in [0.4, 0.5) is 0 Å². The Kier molecular flexibility index (Phi) is 4.00. The smallest absolute Gasteiger partial charge is 0.0726 e. The molecule has 2 rings (SSSR count). The second-order valence-electron chi connectivity index (χ2n) is 4.97. The Labute approximate surface area is 92.2 Å². The number of nitrogens with one attached hydrogen (secondary N) is 1. The minimum Gasteiger partial charge on any atom is -0.392 e. The Morgan fingerprint density at radius 1 is 1.20 bits per heavy atom. The summed E-state index contributed by atoms with van der Waals surface area (Å²) in [4.78, 5) is 0. The van der Waals surface area contributed by atoms with Gasteiger partial charge >= 0.3 is 0 Å². The Balaban J connectivity index is 1.78. The third-order valence-corrected chi connectivity index (χ3v) is 3.73. The van der Waals surface area contributed by atoms with Crippen molar-refractivity contribution in [2.24, 2.45) is 0 Å². The number of hydrogen-bond donors (Lipinski definition) is 2. The highest BCUT2D eigenvalue weighted by atomic mass is 16.5. The van der Waals surface area contributed by atoms with Gasteiger partial charge in [-0.2, -0.15) is 0 Å². The van der Waals surface area contributed by atoms with Crippen molar-refractivity contribution in [3.63, 3.8) is 0 Å². The standard InChI is InChI=1S/C12H23NO2/c1-9(12-7-4-8-15-12)13-10-5-2-3-6-11(10)14/h9-14H,2-8H2,1H3/t9?,10-,11-,12?/m0/s1. The third-order valence-electron chi connectivity index (χ3n) is 3.73. The molecule has 0 bridgehead atoms. The molecule has 15 heavy (non-hydrogen) atoms. The van der Waals surface area contributed by atoms with Crippen LogP contribution in [0.5, 0.6) is 0 Å². The lowest BCUT2D eigenvalue weighted by atomic mass is 9.91. The summed E-state index contributed by atoms with van der Waals surface area (Å²) in [6.45, 7) is 3.08. The summed E-state index contributed by atoms with van der Waals surface area (Å²) < 4.78 is 5.65. The van der Waals surface area contributed by atoms with Gasteiger partial charge in [0, 0.05) is 18.7 Å². The van der Waals surface area contributed by atoms with E-state index < -0.39 is 0 Å². The maximum Gasteiger partial charge on any atom is 0.0726 e. The maximum absolute atomic E-state index is 9.86. The van der Waals surface area contributed by atoms with E-state index in [1.54, 1.807) is 0 Å². The maximum atomic E-state index is 9.86. The largest absolute Gasteiger partial charge is 0.392 e. The van der Waals surface area contributed by atoms with Crippen LogP contribution in [0.25, 0.3) is 0 Å². The van der Waals surface area contributed by atoms with E-state index in [0.29, 0.717) is 12.1 Å². The average molecular weight is 213 g/mol. The van der Waals surface area contributed by atoms with Crippen LogP contribution >= 0.6 is 0 Å². The molecule has 2 fully saturated rings. The first-order valence-electron chi connectivity index (χ1n) is 6.33. The molecule has 1 heterocycles. The van der Waals surface area contributed by atoms with Crippen molar-refractivity contribution in [1.29, 1.82) is 0 Å². The summed E-state index contributed by atoms with van der Waals surface area (Å²) >= 11 is 0. The lowest BCUT2D eigenvalue weighted by Gasteiger charge is -2.32. The van der Waals surface area contributed by atoms with Gasteiger partial charge in [-0.3, -0.25) is 0 Å². The molecule has 88 valence electrons. The highest BCUT2D eigenvalue weighted by Crippen LogP contribution is 2.21. The summed E-state index contributed by atoms with van der Waals surface area (Å²) in [5.41, 5.74) is 0. The lowest BCUT2D eigenvalue weighted by Crippen LogP contribution is -2.49.